The van der Waals surface area contributed by atoms with Crippen molar-refractivity contribution in [1.82, 2.24) is 4.90 Å². The average Bonchev–Trinajstić information content (AvgIpc) is 3.32. The Labute approximate surface area is 224 Å². The molecule has 0 unspecified atom stereocenters. The second-order valence-corrected chi connectivity index (χ2v) is 12.3. The summed E-state index contributed by atoms with van der Waals surface area (Å²) in [6, 6.07) is 17.1. The molecule has 2 aromatic rings. The van der Waals surface area contributed by atoms with E-state index in [2.05, 4.69) is 112 Å². The molecule has 0 saturated carbocycles. The maximum absolute atomic E-state index is 13.5. The molecule has 0 atom stereocenters. The van der Waals surface area contributed by atoms with E-state index in [0.29, 0.717) is 15.8 Å². The number of amides is 1. The number of nitrogens with zero attached hydrogens (tertiary/aromatic N) is 3. The third-order valence-electron chi connectivity index (χ3n) is 7.89. The predicted molar refractivity (Wildman–Crippen MR) is 157 cm³/mol. The minimum absolute atomic E-state index is 0.0110. The first kappa shape index (κ1) is 24.8. The fraction of sp³-hybridized carbons (Fsp3) is 0.333. The number of anilines is 2. The normalized spacial score (nSPS) is 22.2. The van der Waals surface area contributed by atoms with Gasteiger partial charge in [0.05, 0.1) is 4.91 Å². The number of thioether (sulfide) groups is 1. The molecule has 0 aromatic heterocycles. The van der Waals surface area contributed by atoms with Crippen molar-refractivity contribution in [1.29, 1.82) is 0 Å². The average molecular weight is 516 g/mol. The van der Waals surface area contributed by atoms with Gasteiger partial charge in [0, 0.05) is 54.2 Å². The zero-order chi connectivity index (χ0) is 26.0. The monoisotopic (exact) mass is 515 g/mol. The summed E-state index contributed by atoms with van der Waals surface area (Å²) >= 11 is 7.01. The first-order valence-electron chi connectivity index (χ1n) is 12.4. The number of para-hydroxylation sites is 2. The van der Waals surface area contributed by atoms with Crippen molar-refractivity contribution in [2.24, 2.45) is 0 Å². The summed E-state index contributed by atoms with van der Waals surface area (Å²) in [5.74, 6) is -0.0110. The van der Waals surface area contributed by atoms with Crippen molar-refractivity contribution < 1.29 is 4.79 Å². The van der Waals surface area contributed by atoms with Crippen molar-refractivity contribution in [2.75, 3.05) is 30.4 Å². The predicted octanol–water partition coefficient (Wildman–Crippen LogP) is 6.74. The Morgan fingerprint density at radius 1 is 0.861 bits per heavy atom. The Kier molecular flexibility index (Phi) is 5.96. The third-order valence-corrected chi connectivity index (χ3v) is 9.37. The fourth-order valence-electron chi connectivity index (χ4n) is 5.83. The molecule has 0 radical (unpaired) electrons. The quantitative estimate of drug-likeness (QED) is 0.333. The maximum Gasteiger partial charge on any atom is 0.266 e. The topological polar surface area (TPSA) is 26.8 Å². The number of likely N-dealkylation sites (N-methyl/N-ethyl adjacent to an activating group) is 3. The van der Waals surface area contributed by atoms with E-state index in [1.54, 1.807) is 4.90 Å². The number of carbonyl (C=O) groups excluding carboxylic acids is 1. The molecule has 1 amide bonds. The van der Waals surface area contributed by atoms with E-state index >= 15 is 0 Å². The van der Waals surface area contributed by atoms with Crippen LogP contribution in [0.4, 0.5) is 11.4 Å². The van der Waals surface area contributed by atoms with Crippen molar-refractivity contribution in [3.63, 3.8) is 0 Å². The Morgan fingerprint density at radius 2 is 1.31 bits per heavy atom. The Morgan fingerprint density at radius 3 is 1.69 bits per heavy atom. The van der Waals surface area contributed by atoms with Gasteiger partial charge < -0.3 is 9.80 Å². The Hall–Kier alpha value is -2.83. The zero-order valence-corrected chi connectivity index (χ0v) is 23.7. The minimum atomic E-state index is -0.201. The number of allylic oxidation sites excluding steroid dienone is 5. The Bertz CT molecular complexity index is 1300. The molecule has 0 bridgehead atoms. The molecule has 5 rings (SSSR count). The van der Waals surface area contributed by atoms with Crippen LogP contribution in [0, 0.1) is 0 Å². The van der Waals surface area contributed by atoms with Gasteiger partial charge in [-0.2, -0.15) is 0 Å². The molecule has 0 N–H and O–H groups in total. The molecule has 6 heteroatoms. The molecular formula is C30H33N3OS2. The highest BCUT2D eigenvalue weighted by Gasteiger charge is 2.41. The van der Waals surface area contributed by atoms with Crippen LogP contribution in [0.25, 0.3) is 0 Å². The first-order valence-corrected chi connectivity index (χ1v) is 13.6. The number of carbonyl (C=O) groups is 1. The van der Waals surface area contributed by atoms with E-state index in [4.69, 9.17) is 12.2 Å². The van der Waals surface area contributed by atoms with Crippen LogP contribution < -0.4 is 9.80 Å². The van der Waals surface area contributed by atoms with Gasteiger partial charge in [0.15, 0.2) is 0 Å². The molecule has 3 aliphatic rings. The summed E-state index contributed by atoms with van der Waals surface area (Å²) in [5, 5.41) is 0. The van der Waals surface area contributed by atoms with Gasteiger partial charge in [0.1, 0.15) is 4.32 Å². The molecule has 4 nitrogen and oxygen atoms in total. The Balaban J connectivity index is 1.73. The van der Waals surface area contributed by atoms with E-state index in [-0.39, 0.29) is 16.7 Å². The van der Waals surface area contributed by atoms with Gasteiger partial charge in [0.25, 0.3) is 5.91 Å². The summed E-state index contributed by atoms with van der Waals surface area (Å²) in [6.07, 6.45) is 4.42. The second-order valence-electron chi connectivity index (χ2n) is 10.7. The summed E-state index contributed by atoms with van der Waals surface area (Å²) in [5.41, 5.74) is 7.81. The molecule has 36 heavy (non-hydrogen) atoms. The van der Waals surface area contributed by atoms with Crippen molar-refractivity contribution in [2.45, 2.75) is 45.4 Å². The SMILES string of the molecule is CCN1C(=O)C(=C(C=C2N(C)c3ccccc3C2(C)C)C=C2N(C)c3ccccc3C2(C)C)SC1=S. The van der Waals surface area contributed by atoms with E-state index in [0.717, 1.165) is 17.0 Å². The maximum atomic E-state index is 13.5. The lowest BCUT2D eigenvalue weighted by molar-refractivity contribution is -0.122. The molecule has 3 heterocycles. The van der Waals surface area contributed by atoms with E-state index in [1.807, 2.05) is 6.92 Å². The van der Waals surface area contributed by atoms with Crippen molar-refractivity contribution in [3.8, 4) is 0 Å². The van der Waals surface area contributed by atoms with Gasteiger partial charge in [-0.25, -0.2) is 0 Å². The van der Waals surface area contributed by atoms with Crippen molar-refractivity contribution in [3.05, 3.63) is 93.7 Å². The van der Waals surface area contributed by atoms with Crippen molar-refractivity contribution >= 4 is 45.6 Å². The summed E-state index contributed by atoms with van der Waals surface area (Å²) in [7, 11) is 4.23. The largest absolute Gasteiger partial charge is 0.347 e. The number of benzene rings is 2. The van der Waals surface area contributed by atoms with Crippen LogP contribution in [0.15, 0.2) is 82.6 Å². The number of hydrogen-bond donors (Lipinski definition) is 0. The lowest BCUT2D eigenvalue weighted by Gasteiger charge is -2.27. The fourth-order valence-corrected chi connectivity index (χ4v) is 7.22. The van der Waals surface area contributed by atoms with Crippen LogP contribution >= 0.6 is 24.0 Å². The van der Waals surface area contributed by atoms with Gasteiger partial charge in [0.2, 0.25) is 0 Å². The highest BCUT2D eigenvalue weighted by molar-refractivity contribution is 8.26. The highest BCUT2D eigenvalue weighted by atomic mass is 32.2. The summed E-state index contributed by atoms with van der Waals surface area (Å²) < 4.78 is 0.622. The van der Waals surface area contributed by atoms with Crippen LogP contribution in [0.5, 0.6) is 0 Å². The number of thiocarbonyl (C=S) groups is 1. The van der Waals surface area contributed by atoms with Gasteiger partial charge in [-0.3, -0.25) is 9.69 Å². The zero-order valence-electron chi connectivity index (χ0n) is 22.0. The molecule has 2 aromatic carbocycles. The van der Waals surface area contributed by atoms with E-state index in [1.165, 1.54) is 34.3 Å². The molecule has 3 aliphatic heterocycles. The van der Waals surface area contributed by atoms with Crippen LogP contribution in [-0.4, -0.2) is 35.8 Å². The summed E-state index contributed by atoms with van der Waals surface area (Å²) in [4.78, 5) is 20.4. The van der Waals surface area contributed by atoms with E-state index < -0.39 is 0 Å². The van der Waals surface area contributed by atoms with E-state index in [9.17, 15) is 4.79 Å². The molecule has 1 fully saturated rings. The standard InChI is InChI=1S/C30H33N3OS2/c1-8-33-27(34)26(36-28(33)35)19(17-24-29(2,3)20-13-9-11-15-22(20)31(24)6)18-25-30(4,5)21-14-10-12-16-23(21)32(25)7/h9-18H,8H2,1-7H3. The molecular weight excluding hydrogens is 482 g/mol. The summed E-state index contributed by atoms with van der Waals surface area (Å²) in [6.45, 7) is 11.6. The number of hydrogen-bond acceptors (Lipinski definition) is 5. The third kappa shape index (κ3) is 3.57. The van der Waals surface area contributed by atoms with Gasteiger partial charge in [-0.1, -0.05) is 88.1 Å². The van der Waals surface area contributed by atoms with Crippen LogP contribution in [0.3, 0.4) is 0 Å². The van der Waals surface area contributed by atoms with Gasteiger partial charge in [-0.15, -0.1) is 0 Å². The van der Waals surface area contributed by atoms with Gasteiger partial charge >= 0.3 is 0 Å². The smallest absolute Gasteiger partial charge is 0.266 e. The molecule has 0 spiro atoms. The molecule has 1 saturated heterocycles. The molecule has 0 aliphatic carbocycles. The number of rotatable bonds is 3. The van der Waals surface area contributed by atoms with Gasteiger partial charge in [-0.05, 0) is 47.9 Å². The molecule has 186 valence electrons. The van der Waals surface area contributed by atoms with Crippen LogP contribution in [0.2, 0.25) is 0 Å². The highest BCUT2D eigenvalue weighted by Crippen LogP contribution is 2.50. The minimum Gasteiger partial charge on any atom is -0.347 e. The lowest BCUT2D eigenvalue weighted by atomic mass is 9.82. The first-order chi connectivity index (χ1) is 17.0. The number of fused-ring (bicyclic) bond motifs is 2. The van der Waals surface area contributed by atoms with Crippen LogP contribution in [-0.2, 0) is 15.6 Å². The lowest BCUT2D eigenvalue weighted by Crippen LogP contribution is -2.28. The second kappa shape index (κ2) is 8.63. The van der Waals surface area contributed by atoms with Crippen LogP contribution in [0.1, 0.15) is 45.7 Å².